The maximum atomic E-state index is 9.43. The SMILES string of the molecule is C/C=C(C)\C(=C/C)c1ccc2nc(-c3cccnc3N)n(-c3ccc(CO)cc3)c2n1.C=C.CC.CC. The van der Waals surface area contributed by atoms with Gasteiger partial charge >= 0.3 is 0 Å². The molecule has 0 radical (unpaired) electrons. The van der Waals surface area contributed by atoms with E-state index >= 15 is 0 Å². The van der Waals surface area contributed by atoms with Gasteiger partial charge in [0.2, 0.25) is 0 Å². The minimum absolute atomic E-state index is 0.0109. The molecule has 6 heteroatoms. The molecule has 0 saturated carbocycles. The number of hydrogen-bond donors (Lipinski definition) is 2. The Balaban J connectivity index is 0.00000106. The van der Waals surface area contributed by atoms with E-state index in [1.807, 2.05) is 94.6 Å². The maximum Gasteiger partial charge on any atom is 0.165 e. The fourth-order valence-electron chi connectivity index (χ4n) is 3.62. The first-order valence-corrected chi connectivity index (χ1v) is 12.7. The van der Waals surface area contributed by atoms with Crippen molar-refractivity contribution in [1.82, 2.24) is 19.5 Å². The summed E-state index contributed by atoms with van der Waals surface area (Å²) in [5, 5.41) is 9.43. The summed E-state index contributed by atoms with van der Waals surface area (Å²) in [6, 6.07) is 15.4. The Morgan fingerprint density at radius 1 is 0.946 bits per heavy atom. The number of allylic oxidation sites excluding steroid dienone is 4. The molecule has 37 heavy (non-hydrogen) atoms. The van der Waals surface area contributed by atoms with Crippen LogP contribution in [-0.2, 0) is 6.61 Å². The second-order valence-electron chi connectivity index (χ2n) is 7.24. The Morgan fingerprint density at radius 2 is 1.59 bits per heavy atom. The number of nitrogen functional groups attached to an aromatic ring is 1. The fraction of sp³-hybridized carbons (Fsp3) is 0.258. The second-order valence-corrected chi connectivity index (χ2v) is 7.24. The molecule has 0 spiro atoms. The number of pyridine rings is 2. The highest BCUT2D eigenvalue weighted by molar-refractivity contribution is 5.85. The van der Waals surface area contributed by atoms with Crippen LogP contribution in [0, 0.1) is 0 Å². The van der Waals surface area contributed by atoms with E-state index < -0.39 is 0 Å². The monoisotopic (exact) mass is 499 g/mol. The standard InChI is InChI=1S/C25H25N5O.2C2H6.C2H4/c1-4-16(3)19(5-2)21-12-13-22-25(28-21)30(18-10-8-17(15-31)9-11-18)24(29-22)20-7-6-14-27-23(20)26;3*1-2/h4-14,31H,15H2,1-3H3,(H2,26,27);2*1-2H3;1-2H2/b16-4-,19-5+;;;. The quantitative estimate of drug-likeness (QED) is 0.216. The van der Waals surface area contributed by atoms with Gasteiger partial charge in [0.05, 0.1) is 17.9 Å². The van der Waals surface area contributed by atoms with Crippen molar-refractivity contribution >= 4 is 22.6 Å². The van der Waals surface area contributed by atoms with Gasteiger partial charge in [0.1, 0.15) is 11.3 Å². The fourth-order valence-corrected chi connectivity index (χ4v) is 3.62. The first-order chi connectivity index (χ1) is 18.1. The molecule has 4 aromatic rings. The molecule has 0 bridgehead atoms. The molecule has 3 heterocycles. The molecule has 0 aliphatic carbocycles. The van der Waals surface area contributed by atoms with Crippen molar-refractivity contribution in [2.45, 2.75) is 55.1 Å². The predicted molar refractivity (Wildman–Crippen MR) is 159 cm³/mol. The van der Waals surface area contributed by atoms with Crippen LogP contribution in [0.3, 0.4) is 0 Å². The minimum atomic E-state index is -0.0109. The van der Waals surface area contributed by atoms with E-state index in [2.05, 4.69) is 37.2 Å². The Bertz CT molecular complexity index is 1320. The van der Waals surface area contributed by atoms with Crippen molar-refractivity contribution in [3.05, 3.63) is 96.9 Å². The van der Waals surface area contributed by atoms with Gasteiger partial charge in [-0.05, 0) is 73.9 Å². The van der Waals surface area contributed by atoms with E-state index in [9.17, 15) is 5.11 Å². The summed E-state index contributed by atoms with van der Waals surface area (Å²) in [6.45, 7) is 20.1. The van der Waals surface area contributed by atoms with Gasteiger partial charge in [-0.1, -0.05) is 52.0 Å². The molecule has 0 unspecified atom stereocenters. The van der Waals surface area contributed by atoms with Crippen molar-refractivity contribution < 1.29 is 5.11 Å². The molecule has 6 nitrogen and oxygen atoms in total. The highest BCUT2D eigenvalue weighted by atomic mass is 16.3. The second kappa shape index (κ2) is 15.9. The molecular weight excluding hydrogens is 458 g/mol. The summed E-state index contributed by atoms with van der Waals surface area (Å²) < 4.78 is 1.99. The lowest BCUT2D eigenvalue weighted by Crippen LogP contribution is -2.03. The maximum absolute atomic E-state index is 9.43. The highest BCUT2D eigenvalue weighted by Gasteiger charge is 2.19. The summed E-state index contributed by atoms with van der Waals surface area (Å²) in [6.07, 6.45) is 5.81. The number of aromatic nitrogens is 4. The molecule has 0 aliphatic heterocycles. The number of benzene rings is 1. The normalized spacial score (nSPS) is 10.9. The van der Waals surface area contributed by atoms with Crippen LogP contribution in [-0.4, -0.2) is 24.6 Å². The van der Waals surface area contributed by atoms with Gasteiger partial charge in [-0.2, -0.15) is 0 Å². The van der Waals surface area contributed by atoms with Crippen molar-refractivity contribution in [3.8, 4) is 17.1 Å². The van der Waals surface area contributed by atoms with E-state index in [1.54, 1.807) is 6.20 Å². The Morgan fingerprint density at radius 3 is 2.14 bits per heavy atom. The first-order valence-electron chi connectivity index (χ1n) is 12.7. The van der Waals surface area contributed by atoms with Crippen molar-refractivity contribution in [3.63, 3.8) is 0 Å². The number of nitrogens with zero attached hydrogens (tertiary/aromatic N) is 4. The van der Waals surface area contributed by atoms with E-state index in [4.69, 9.17) is 15.7 Å². The number of imidazole rings is 1. The van der Waals surface area contributed by atoms with Crippen LogP contribution in [0.2, 0.25) is 0 Å². The Kier molecular flexibility index (Phi) is 13.3. The minimum Gasteiger partial charge on any atom is -0.392 e. The average molecular weight is 500 g/mol. The van der Waals surface area contributed by atoms with E-state index in [-0.39, 0.29) is 6.61 Å². The van der Waals surface area contributed by atoms with Crippen LogP contribution >= 0.6 is 0 Å². The van der Waals surface area contributed by atoms with Crippen molar-refractivity contribution in [1.29, 1.82) is 0 Å². The summed E-state index contributed by atoms with van der Waals surface area (Å²) >= 11 is 0. The summed E-state index contributed by atoms with van der Waals surface area (Å²) in [5.74, 6) is 1.08. The number of aliphatic hydroxyl groups excluding tert-OH is 1. The van der Waals surface area contributed by atoms with Gasteiger partial charge in [0.15, 0.2) is 11.5 Å². The first kappa shape index (κ1) is 31.0. The van der Waals surface area contributed by atoms with Crippen molar-refractivity contribution in [2.24, 2.45) is 0 Å². The lowest BCUT2D eigenvalue weighted by atomic mass is 10.0. The van der Waals surface area contributed by atoms with E-state index in [1.165, 1.54) is 0 Å². The van der Waals surface area contributed by atoms with E-state index in [0.717, 1.165) is 44.8 Å². The number of nitrogens with two attached hydrogens (primary N) is 1. The summed E-state index contributed by atoms with van der Waals surface area (Å²) in [4.78, 5) is 14.1. The Labute approximate surface area is 221 Å². The topological polar surface area (TPSA) is 89.8 Å². The Hall–Kier alpha value is -4.03. The highest BCUT2D eigenvalue weighted by Crippen LogP contribution is 2.32. The smallest absolute Gasteiger partial charge is 0.165 e. The lowest BCUT2D eigenvalue weighted by Gasteiger charge is -2.12. The molecular formula is C31H41N5O. The largest absolute Gasteiger partial charge is 0.392 e. The predicted octanol–water partition coefficient (Wildman–Crippen LogP) is 7.78. The van der Waals surface area contributed by atoms with Crippen LogP contribution < -0.4 is 5.73 Å². The average Bonchev–Trinajstić information content (AvgIpc) is 3.35. The van der Waals surface area contributed by atoms with Crippen LogP contribution in [0.15, 0.2) is 85.6 Å². The van der Waals surface area contributed by atoms with E-state index in [0.29, 0.717) is 11.6 Å². The zero-order chi connectivity index (χ0) is 28.0. The van der Waals surface area contributed by atoms with Gasteiger partial charge in [-0.3, -0.25) is 4.57 Å². The molecule has 0 fully saturated rings. The van der Waals surface area contributed by atoms with Gasteiger partial charge in [0, 0.05) is 11.9 Å². The molecule has 0 saturated heterocycles. The van der Waals surface area contributed by atoms with Crippen molar-refractivity contribution in [2.75, 3.05) is 5.73 Å². The summed E-state index contributed by atoms with van der Waals surface area (Å²) in [5.41, 5.74) is 13.3. The van der Waals surface area contributed by atoms with Gasteiger partial charge < -0.3 is 10.8 Å². The molecule has 196 valence electrons. The molecule has 0 amide bonds. The zero-order valence-electron chi connectivity index (χ0n) is 23.3. The number of aliphatic hydroxyl groups is 1. The molecule has 3 N–H and O–H groups in total. The number of rotatable bonds is 5. The molecule has 3 aromatic heterocycles. The third-order valence-electron chi connectivity index (χ3n) is 5.38. The number of hydrogen-bond acceptors (Lipinski definition) is 5. The third kappa shape index (κ3) is 7.02. The number of anilines is 1. The van der Waals surface area contributed by atoms with Crippen LogP contribution in [0.4, 0.5) is 5.82 Å². The molecule has 1 aromatic carbocycles. The van der Waals surface area contributed by atoms with Gasteiger partial charge in [-0.25, -0.2) is 15.0 Å². The molecule has 0 atom stereocenters. The third-order valence-corrected chi connectivity index (χ3v) is 5.38. The zero-order valence-corrected chi connectivity index (χ0v) is 23.3. The van der Waals surface area contributed by atoms with Crippen LogP contribution in [0.5, 0.6) is 0 Å². The molecule has 0 aliphatic rings. The summed E-state index contributed by atoms with van der Waals surface area (Å²) in [7, 11) is 0. The van der Waals surface area contributed by atoms with Crippen LogP contribution in [0.1, 0.15) is 59.7 Å². The molecule has 4 rings (SSSR count). The number of fused-ring (bicyclic) bond motifs is 1. The van der Waals surface area contributed by atoms with Crippen LogP contribution in [0.25, 0.3) is 33.8 Å². The van der Waals surface area contributed by atoms with Gasteiger partial charge in [-0.15, -0.1) is 13.2 Å². The lowest BCUT2D eigenvalue weighted by molar-refractivity contribution is 0.282. The van der Waals surface area contributed by atoms with Gasteiger partial charge in [0.25, 0.3) is 0 Å².